The molecule has 8 aliphatic carbocycles. The van der Waals surface area contributed by atoms with Gasteiger partial charge in [-0.05, 0) is 128 Å². The lowest BCUT2D eigenvalue weighted by molar-refractivity contribution is -0.0986. The molecule has 11 unspecified atom stereocenters. The lowest BCUT2D eigenvalue weighted by Crippen LogP contribution is -2.55. The van der Waals surface area contributed by atoms with Gasteiger partial charge in [-0.1, -0.05) is 77.4 Å². The van der Waals surface area contributed by atoms with Crippen LogP contribution in [0.4, 0.5) is 0 Å². The Kier molecular flexibility index (Phi) is 4.94. The molecule has 0 aliphatic heterocycles. The van der Waals surface area contributed by atoms with Crippen LogP contribution in [-0.4, -0.2) is 4.75 Å². The first-order chi connectivity index (χ1) is 17.2. The predicted octanol–water partition coefficient (Wildman–Crippen LogP) is 10.0. The van der Waals surface area contributed by atoms with Crippen molar-refractivity contribution in [1.29, 1.82) is 0 Å². The maximum absolute atomic E-state index is 5.37. The summed E-state index contributed by atoms with van der Waals surface area (Å²) in [5.74, 6) is 7.01. The van der Waals surface area contributed by atoms with E-state index in [1.807, 2.05) is 0 Å². The highest BCUT2D eigenvalue weighted by Crippen LogP contribution is 2.93. The summed E-state index contributed by atoms with van der Waals surface area (Å²) in [6, 6.07) is 0. The molecule has 8 rings (SSSR count). The molecule has 0 saturated heterocycles. The van der Waals surface area contributed by atoms with Crippen LogP contribution in [0.25, 0.3) is 0 Å². The largest absolute Gasteiger partial charge is 0.173 e. The van der Waals surface area contributed by atoms with Gasteiger partial charge in [-0.3, -0.25) is 0 Å². The van der Waals surface area contributed by atoms with Gasteiger partial charge >= 0.3 is 0 Å². The van der Waals surface area contributed by atoms with Crippen LogP contribution in [-0.2, 0) is 0 Å². The van der Waals surface area contributed by atoms with Gasteiger partial charge in [-0.25, -0.2) is 0 Å². The fraction of sp³-hybridized carbons (Fsp3) is 0.943. The van der Waals surface area contributed by atoms with Gasteiger partial charge in [0.15, 0.2) is 0 Å². The molecule has 1 heteroatoms. The van der Waals surface area contributed by atoms with E-state index in [0.717, 1.165) is 46.8 Å². The number of allylic oxidation sites excluding steroid dienone is 2. The van der Waals surface area contributed by atoms with Gasteiger partial charge in [0.2, 0.25) is 0 Å². The highest BCUT2D eigenvalue weighted by Gasteiger charge is 2.87. The zero-order valence-corrected chi connectivity index (χ0v) is 24.9. The molecule has 0 aromatic rings. The molecular formula is C35H54S. The second kappa shape index (κ2) is 7.43. The molecule has 0 aromatic carbocycles. The summed E-state index contributed by atoms with van der Waals surface area (Å²) in [5, 5.41) is 0. The summed E-state index contributed by atoms with van der Waals surface area (Å²) in [7, 11) is 0. The van der Waals surface area contributed by atoms with Crippen molar-refractivity contribution >= 4 is 12.6 Å². The first-order valence-electron chi connectivity index (χ1n) is 16.6. The van der Waals surface area contributed by atoms with Crippen molar-refractivity contribution in [2.24, 2.45) is 63.1 Å². The Morgan fingerprint density at radius 1 is 0.722 bits per heavy atom. The molecule has 0 N–H and O–H groups in total. The standard InChI is InChI=1S/C35H54S/c1-22-18-31(2,36)15-9-5-7-13-25-27-21-34(27)17-11-12-23-19-35-26(14-8-6-10-16-32(22,23)3)28-24(29(28)35)20-33(25,4)30(34)35/h22-25,27,29-30,36H,5-21H2,1-4H3/t22?,23?,24?,25?,27?,29?,30?,31-,32?,33?,34?,35?/m1/s1. The average molecular weight is 507 g/mol. The van der Waals surface area contributed by atoms with Gasteiger partial charge in [-0.2, -0.15) is 12.6 Å². The van der Waals surface area contributed by atoms with Crippen molar-refractivity contribution in [3.8, 4) is 0 Å². The quantitative estimate of drug-likeness (QED) is 0.245. The van der Waals surface area contributed by atoms with Crippen LogP contribution in [0.1, 0.15) is 137 Å². The van der Waals surface area contributed by atoms with Crippen molar-refractivity contribution in [3.63, 3.8) is 0 Å². The maximum atomic E-state index is 5.37. The molecule has 0 aromatic heterocycles. The molecule has 12 atom stereocenters. The summed E-state index contributed by atoms with van der Waals surface area (Å²) < 4.78 is 0.209. The minimum absolute atomic E-state index is 0.209. The zero-order chi connectivity index (χ0) is 24.7. The van der Waals surface area contributed by atoms with Crippen molar-refractivity contribution in [2.45, 2.75) is 142 Å². The Labute approximate surface area is 228 Å². The molecule has 0 amide bonds. The molecular weight excluding hydrogens is 452 g/mol. The molecule has 0 nitrogen and oxygen atoms in total. The third-order valence-corrected chi connectivity index (χ3v) is 15.8. The molecule has 200 valence electrons. The van der Waals surface area contributed by atoms with E-state index in [-0.39, 0.29) is 4.75 Å². The summed E-state index contributed by atoms with van der Waals surface area (Å²) in [6.45, 7) is 10.8. The van der Waals surface area contributed by atoms with Crippen molar-refractivity contribution in [2.75, 3.05) is 0 Å². The Balaban J connectivity index is 1.29. The van der Waals surface area contributed by atoms with Crippen LogP contribution in [0.15, 0.2) is 11.1 Å². The highest BCUT2D eigenvalue weighted by atomic mass is 32.1. The Bertz CT molecular complexity index is 991. The highest BCUT2D eigenvalue weighted by molar-refractivity contribution is 7.81. The van der Waals surface area contributed by atoms with Crippen molar-refractivity contribution in [1.82, 2.24) is 0 Å². The van der Waals surface area contributed by atoms with E-state index >= 15 is 0 Å². The van der Waals surface area contributed by atoms with E-state index < -0.39 is 0 Å². The van der Waals surface area contributed by atoms with Crippen LogP contribution < -0.4 is 0 Å². The van der Waals surface area contributed by atoms with Crippen LogP contribution in [0.2, 0.25) is 0 Å². The maximum Gasteiger partial charge on any atom is 0.0104 e. The van der Waals surface area contributed by atoms with Crippen LogP contribution in [0.3, 0.4) is 0 Å². The molecule has 8 aliphatic rings. The van der Waals surface area contributed by atoms with Gasteiger partial charge in [-0.15, -0.1) is 0 Å². The minimum atomic E-state index is 0.209. The van der Waals surface area contributed by atoms with Gasteiger partial charge in [0, 0.05) is 10.2 Å². The second-order valence-electron chi connectivity index (χ2n) is 16.9. The molecule has 6 bridgehead atoms. The van der Waals surface area contributed by atoms with Crippen molar-refractivity contribution in [3.05, 3.63) is 11.1 Å². The smallest absolute Gasteiger partial charge is 0.0104 e. The Morgan fingerprint density at radius 2 is 1.53 bits per heavy atom. The van der Waals surface area contributed by atoms with E-state index in [9.17, 15) is 0 Å². The molecule has 0 heterocycles. The number of rotatable bonds is 0. The lowest BCUT2D eigenvalue weighted by atomic mass is 9.42. The van der Waals surface area contributed by atoms with Gasteiger partial charge in [0.05, 0.1) is 0 Å². The van der Waals surface area contributed by atoms with E-state index in [1.54, 1.807) is 32.1 Å². The predicted molar refractivity (Wildman–Crippen MR) is 154 cm³/mol. The monoisotopic (exact) mass is 506 g/mol. The van der Waals surface area contributed by atoms with Gasteiger partial charge < -0.3 is 0 Å². The topological polar surface area (TPSA) is 0 Å². The first kappa shape index (κ1) is 23.9. The van der Waals surface area contributed by atoms with E-state index in [1.165, 1.54) is 77.0 Å². The van der Waals surface area contributed by atoms with E-state index in [4.69, 9.17) is 12.6 Å². The Hall–Kier alpha value is 0.0900. The first-order valence-corrected chi connectivity index (χ1v) is 17.1. The van der Waals surface area contributed by atoms with Crippen molar-refractivity contribution < 1.29 is 0 Å². The molecule has 36 heavy (non-hydrogen) atoms. The fourth-order valence-corrected chi connectivity index (χ4v) is 14.5. The normalized spacial score (nSPS) is 61.4. The number of fused-ring (bicyclic) bond motifs is 2. The SMILES string of the molecule is CC1C[C@](C)(S)CCCCCC2C3CC34CCCC3CC56C(=C7C(CC2(C)C45)C76)CCCCCC13C. The molecule has 7 fully saturated rings. The lowest BCUT2D eigenvalue weighted by Gasteiger charge is -2.62. The third-order valence-electron chi connectivity index (χ3n) is 15.4. The second-order valence-corrected chi connectivity index (χ2v) is 18.0. The molecule has 7 saturated carbocycles. The van der Waals surface area contributed by atoms with Crippen LogP contribution >= 0.6 is 12.6 Å². The van der Waals surface area contributed by atoms with Crippen LogP contribution in [0, 0.1) is 63.1 Å². The molecule has 2 spiro atoms. The third kappa shape index (κ3) is 2.82. The molecule has 0 radical (unpaired) electrons. The Morgan fingerprint density at radius 3 is 2.39 bits per heavy atom. The van der Waals surface area contributed by atoms with Gasteiger partial charge in [0.25, 0.3) is 0 Å². The minimum Gasteiger partial charge on any atom is -0.173 e. The summed E-state index contributed by atoms with van der Waals surface area (Å²) in [6.07, 6.45) is 25.5. The van der Waals surface area contributed by atoms with E-state index in [0.29, 0.717) is 16.2 Å². The summed E-state index contributed by atoms with van der Waals surface area (Å²) in [5.41, 5.74) is 6.74. The number of thiol groups is 1. The average Bonchev–Trinajstić information content (AvgIpc) is 3.66. The summed E-state index contributed by atoms with van der Waals surface area (Å²) in [4.78, 5) is 0. The zero-order valence-electron chi connectivity index (χ0n) is 24.0. The van der Waals surface area contributed by atoms with Gasteiger partial charge in [0.1, 0.15) is 0 Å². The number of hydrogen-bond acceptors (Lipinski definition) is 1. The fourth-order valence-electron chi connectivity index (χ4n) is 14.1. The van der Waals surface area contributed by atoms with E-state index in [2.05, 4.69) is 38.8 Å². The number of hydrogen-bond donors (Lipinski definition) is 1. The van der Waals surface area contributed by atoms with Crippen LogP contribution in [0.5, 0.6) is 0 Å². The summed E-state index contributed by atoms with van der Waals surface area (Å²) >= 11 is 5.37.